The molecule has 1 aliphatic heterocycles. The van der Waals surface area contributed by atoms with Crippen LogP contribution in [0.1, 0.15) is 39.5 Å². The van der Waals surface area contributed by atoms with Crippen molar-refractivity contribution in [1.82, 2.24) is 4.90 Å². The van der Waals surface area contributed by atoms with E-state index in [0.717, 1.165) is 36.3 Å². The molecule has 2 unspecified atom stereocenters. The number of likely N-dealkylation sites (tertiary alicyclic amines) is 1. The Labute approximate surface area is 102 Å². The number of hydrogen-bond donors (Lipinski definition) is 0. The second kappa shape index (κ2) is 4.62. The minimum atomic E-state index is 0.206. The van der Waals surface area contributed by atoms with Gasteiger partial charge in [0.05, 0.1) is 0 Å². The Morgan fingerprint density at radius 1 is 1.25 bits per heavy atom. The predicted octanol–water partition coefficient (Wildman–Crippen LogP) is 3.23. The summed E-state index contributed by atoms with van der Waals surface area (Å²) in [6, 6.07) is 0.759. The number of carbonyl (C=O) groups excluding carboxylic acids is 1. The van der Waals surface area contributed by atoms with E-state index >= 15 is 0 Å². The maximum Gasteiger partial charge on any atom is 0.250 e. The van der Waals surface area contributed by atoms with Crippen molar-refractivity contribution >= 4 is 17.5 Å². The van der Waals surface area contributed by atoms with E-state index in [1.54, 1.807) is 0 Å². The van der Waals surface area contributed by atoms with Crippen LogP contribution in [0.3, 0.4) is 0 Å². The van der Waals surface area contributed by atoms with Crippen LogP contribution in [0.2, 0.25) is 0 Å². The van der Waals surface area contributed by atoms with Crippen LogP contribution in [0.5, 0.6) is 0 Å². The van der Waals surface area contributed by atoms with Gasteiger partial charge in [-0.15, -0.1) is 0 Å². The zero-order chi connectivity index (χ0) is 11.7. The molecule has 1 heterocycles. The number of hydrogen-bond acceptors (Lipinski definition) is 1. The summed E-state index contributed by atoms with van der Waals surface area (Å²) < 4.78 is 0. The summed E-state index contributed by atoms with van der Waals surface area (Å²) in [5.74, 6) is 0.206. The third-order valence-corrected chi connectivity index (χ3v) is 3.87. The molecule has 0 bridgehead atoms. The molecule has 1 aliphatic carbocycles. The Hall–Kier alpha value is -0.760. The molecule has 2 rings (SSSR count). The highest BCUT2D eigenvalue weighted by Gasteiger charge is 2.32. The van der Waals surface area contributed by atoms with E-state index < -0.39 is 0 Å². The van der Waals surface area contributed by atoms with Crippen LogP contribution in [-0.4, -0.2) is 22.9 Å². The van der Waals surface area contributed by atoms with Crippen molar-refractivity contribution < 1.29 is 4.79 Å². The topological polar surface area (TPSA) is 20.3 Å². The first-order chi connectivity index (χ1) is 7.59. The van der Waals surface area contributed by atoms with Gasteiger partial charge in [0, 0.05) is 22.7 Å². The molecule has 0 aromatic carbocycles. The normalized spacial score (nSPS) is 30.1. The Bertz CT molecular complexity index is 349. The lowest BCUT2D eigenvalue weighted by molar-refractivity contribution is -0.129. The molecule has 0 saturated carbocycles. The van der Waals surface area contributed by atoms with Crippen molar-refractivity contribution in [3.8, 4) is 0 Å². The van der Waals surface area contributed by atoms with Crippen molar-refractivity contribution in [2.75, 3.05) is 0 Å². The largest absolute Gasteiger partial charge is 0.334 e. The lowest BCUT2D eigenvalue weighted by Crippen LogP contribution is -2.39. The summed E-state index contributed by atoms with van der Waals surface area (Å²) in [6.45, 7) is 4.27. The highest BCUT2D eigenvalue weighted by molar-refractivity contribution is 6.29. The maximum atomic E-state index is 12.3. The minimum absolute atomic E-state index is 0.206. The second-order valence-corrected chi connectivity index (χ2v) is 5.28. The molecule has 2 atom stereocenters. The highest BCUT2D eigenvalue weighted by atomic mass is 35.5. The van der Waals surface area contributed by atoms with Gasteiger partial charge in [-0.2, -0.15) is 0 Å². The van der Waals surface area contributed by atoms with Gasteiger partial charge in [0.25, 0.3) is 0 Å². The molecule has 2 nitrogen and oxygen atoms in total. The van der Waals surface area contributed by atoms with Gasteiger partial charge < -0.3 is 4.90 Å². The molecule has 88 valence electrons. The van der Waals surface area contributed by atoms with E-state index in [1.807, 2.05) is 17.1 Å². The standard InChI is InChI=1S/C13H18ClNO/c1-9-3-4-10(2)15(9)13(16)11-5-7-12(14)8-6-11/h5,7,9-10H,3-4,6,8H2,1-2H3. The van der Waals surface area contributed by atoms with Gasteiger partial charge in [0.2, 0.25) is 5.91 Å². The summed E-state index contributed by atoms with van der Waals surface area (Å²) in [5, 5.41) is 0.846. The summed E-state index contributed by atoms with van der Waals surface area (Å²) in [5.41, 5.74) is 0.907. The molecule has 2 aliphatic rings. The molecule has 3 heteroatoms. The monoisotopic (exact) mass is 239 g/mol. The van der Waals surface area contributed by atoms with Crippen molar-refractivity contribution in [2.24, 2.45) is 0 Å². The Morgan fingerprint density at radius 3 is 2.38 bits per heavy atom. The summed E-state index contributed by atoms with van der Waals surface area (Å²) in [7, 11) is 0. The first-order valence-corrected chi connectivity index (χ1v) is 6.35. The molecule has 1 saturated heterocycles. The molecule has 0 N–H and O–H groups in total. The molecular weight excluding hydrogens is 222 g/mol. The molecule has 1 amide bonds. The van der Waals surface area contributed by atoms with Crippen molar-refractivity contribution in [3.05, 3.63) is 22.8 Å². The number of allylic oxidation sites excluding steroid dienone is 3. The van der Waals surface area contributed by atoms with Gasteiger partial charge >= 0.3 is 0 Å². The second-order valence-electron chi connectivity index (χ2n) is 4.79. The first-order valence-electron chi connectivity index (χ1n) is 5.97. The van der Waals surface area contributed by atoms with Crippen LogP contribution in [-0.2, 0) is 4.79 Å². The fourth-order valence-electron chi connectivity index (χ4n) is 2.55. The van der Waals surface area contributed by atoms with E-state index in [0.29, 0.717) is 12.1 Å². The third-order valence-electron chi connectivity index (χ3n) is 3.56. The maximum absolute atomic E-state index is 12.3. The van der Waals surface area contributed by atoms with Crippen molar-refractivity contribution in [1.29, 1.82) is 0 Å². The van der Waals surface area contributed by atoms with Gasteiger partial charge in [-0.25, -0.2) is 0 Å². The van der Waals surface area contributed by atoms with Gasteiger partial charge in [-0.3, -0.25) is 4.79 Å². The van der Waals surface area contributed by atoms with Crippen LogP contribution in [0.25, 0.3) is 0 Å². The van der Waals surface area contributed by atoms with Crippen LogP contribution in [0.4, 0.5) is 0 Å². The van der Waals surface area contributed by atoms with Crippen molar-refractivity contribution in [2.45, 2.75) is 51.6 Å². The summed E-state index contributed by atoms with van der Waals surface area (Å²) in [4.78, 5) is 14.3. The number of halogens is 1. The molecular formula is C13H18ClNO. The Balaban J connectivity index is 2.13. The SMILES string of the molecule is CC1CCC(C)N1C(=O)C1=CC=C(Cl)CC1. The summed E-state index contributed by atoms with van der Waals surface area (Å²) >= 11 is 5.90. The predicted molar refractivity (Wildman–Crippen MR) is 66.3 cm³/mol. The van der Waals surface area contributed by atoms with Gasteiger partial charge in [-0.1, -0.05) is 17.7 Å². The minimum Gasteiger partial charge on any atom is -0.334 e. The van der Waals surface area contributed by atoms with Gasteiger partial charge in [0.15, 0.2) is 0 Å². The summed E-state index contributed by atoms with van der Waals surface area (Å²) in [6.07, 6.45) is 7.56. The van der Waals surface area contributed by atoms with Crippen LogP contribution >= 0.6 is 11.6 Å². The average Bonchev–Trinajstić information content (AvgIpc) is 2.59. The van der Waals surface area contributed by atoms with E-state index in [2.05, 4.69) is 13.8 Å². The number of amides is 1. The van der Waals surface area contributed by atoms with Crippen LogP contribution < -0.4 is 0 Å². The molecule has 1 fully saturated rings. The van der Waals surface area contributed by atoms with Crippen molar-refractivity contribution in [3.63, 3.8) is 0 Å². The number of nitrogens with zero attached hydrogens (tertiary/aromatic N) is 1. The smallest absolute Gasteiger partial charge is 0.250 e. The fourth-order valence-corrected chi connectivity index (χ4v) is 2.71. The first kappa shape index (κ1) is 11.7. The molecule has 16 heavy (non-hydrogen) atoms. The zero-order valence-corrected chi connectivity index (χ0v) is 10.6. The Morgan fingerprint density at radius 2 is 1.88 bits per heavy atom. The molecule has 0 spiro atoms. The van der Waals surface area contributed by atoms with Gasteiger partial charge in [0.1, 0.15) is 0 Å². The number of carbonyl (C=O) groups is 1. The van der Waals surface area contributed by atoms with Crippen LogP contribution in [0.15, 0.2) is 22.8 Å². The highest BCUT2D eigenvalue weighted by Crippen LogP contribution is 2.28. The van der Waals surface area contributed by atoms with Gasteiger partial charge in [-0.05, 0) is 45.6 Å². The third kappa shape index (κ3) is 2.17. The Kier molecular flexibility index (Phi) is 3.38. The number of rotatable bonds is 1. The lowest BCUT2D eigenvalue weighted by Gasteiger charge is -2.28. The fraction of sp³-hybridized carbons (Fsp3) is 0.615. The molecule has 0 radical (unpaired) electrons. The average molecular weight is 240 g/mol. The zero-order valence-electron chi connectivity index (χ0n) is 9.87. The molecule has 0 aromatic heterocycles. The van der Waals surface area contributed by atoms with E-state index in [-0.39, 0.29) is 5.91 Å². The lowest BCUT2D eigenvalue weighted by atomic mass is 10.0. The molecule has 0 aromatic rings. The van der Waals surface area contributed by atoms with Crippen LogP contribution in [0, 0.1) is 0 Å². The quantitative estimate of drug-likeness (QED) is 0.688. The van der Waals surface area contributed by atoms with E-state index in [1.165, 1.54) is 0 Å². The van der Waals surface area contributed by atoms with E-state index in [9.17, 15) is 4.79 Å². The van der Waals surface area contributed by atoms with E-state index in [4.69, 9.17) is 11.6 Å².